The van der Waals surface area contributed by atoms with Crippen molar-refractivity contribution < 1.29 is 9.18 Å². The molecule has 5 heteroatoms. The molecule has 0 radical (unpaired) electrons. The molecular formula is C15H16FN3O. The molecule has 2 rings (SSSR count). The van der Waals surface area contributed by atoms with Crippen LogP contribution in [0.3, 0.4) is 0 Å². The average molecular weight is 273 g/mol. The second-order valence-electron chi connectivity index (χ2n) is 4.26. The Kier molecular flexibility index (Phi) is 4.65. The van der Waals surface area contributed by atoms with E-state index in [1.807, 2.05) is 6.92 Å². The first-order valence-electron chi connectivity index (χ1n) is 6.41. The van der Waals surface area contributed by atoms with Crippen LogP contribution in [0.2, 0.25) is 0 Å². The lowest BCUT2D eigenvalue weighted by atomic mass is 10.2. The number of aromatic nitrogens is 1. The molecule has 0 spiro atoms. The zero-order valence-corrected chi connectivity index (χ0v) is 11.2. The number of carbonyl (C=O) groups excluding carboxylic acids is 1. The summed E-state index contributed by atoms with van der Waals surface area (Å²) in [6.07, 6.45) is 3.20. The SMILES string of the molecule is CCNc1cnccc1C(=O)NCc1ccc(F)cc1. The van der Waals surface area contributed by atoms with Gasteiger partial charge < -0.3 is 10.6 Å². The molecule has 0 saturated heterocycles. The number of halogens is 1. The minimum atomic E-state index is -0.288. The van der Waals surface area contributed by atoms with Gasteiger partial charge in [0.15, 0.2) is 0 Å². The van der Waals surface area contributed by atoms with Crippen LogP contribution in [-0.4, -0.2) is 17.4 Å². The van der Waals surface area contributed by atoms with Gasteiger partial charge in [0.25, 0.3) is 5.91 Å². The predicted octanol–water partition coefficient (Wildman–Crippen LogP) is 2.58. The van der Waals surface area contributed by atoms with Crippen LogP contribution in [0.25, 0.3) is 0 Å². The highest BCUT2D eigenvalue weighted by atomic mass is 19.1. The van der Waals surface area contributed by atoms with Crippen LogP contribution in [0.1, 0.15) is 22.8 Å². The maximum atomic E-state index is 12.8. The largest absolute Gasteiger partial charge is 0.383 e. The molecule has 104 valence electrons. The number of hydrogen-bond donors (Lipinski definition) is 2. The molecule has 1 aromatic carbocycles. The van der Waals surface area contributed by atoms with Crippen LogP contribution in [0.15, 0.2) is 42.7 Å². The molecule has 1 amide bonds. The summed E-state index contributed by atoms with van der Waals surface area (Å²) in [6.45, 7) is 3.02. The topological polar surface area (TPSA) is 54.0 Å². The maximum absolute atomic E-state index is 12.8. The van der Waals surface area contributed by atoms with Crippen molar-refractivity contribution in [1.82, 2.24) is 10.3 Å². The number of pyridine rings is 1. The van der Waals surface area contributed by atoms with E-state index in [9.17, 15) is 9.18 Å². The highest BCUT2D eigenvalue weighted by Crippen LogP contribution is 2.13. The molecule has 0 aliphatic rings. The van der Waals surface area contributed by atoms with Crippen LogP contribution in [0.4, 0.5) is 10.1 Å². The van der Waals surface area contributed by atoms with Crippen LogP contribution in [-0.2, 0) is 6.54 Å². The summed E-state index contributed by atoms with van der Waals surface area (Å²) in [4.78, 5) is 16.1. The molecule has 2 N–H and O–H groups in total. The third-order valence-electron chi connectivity index (χ3n) is 2.80. The van der Waals surface area contributed by atoms with E-state index in [2.05, 4.69) is 15.6 Å². The Morgan fingerprint density at radius 3 is 2.70 bits per heavy atom. The Morgan fingerprint density at radius 2 is 2.00 bits per heavy atom. The number of nitrogens with one attached hydrogen (secondary N) is 2. The van der Waals surface area contributed by atoms with Crippen molar-refractivity contribution in [3.05, 3.63) is 59.7 Å². The van der Waals surface area contributed by atoms with E-state index >= 15 is 0 Å². The van der Waals surface area contributed by atoms with Gasteiger partial charge in [-0.3, -0.25) is 9.78 Å². The summed E-state index contributed by atoms with van der Waals surface area (Å²) in [7, 11) is 0. The van der Waals surface area contributed by atoms with Crippen molar-refractivity contribution in [3.63, 3.8) is 0 Å². The molecule has 0 bridgehead atoms. The summed E-state index contributed by atoms with van der Waals surface area (Å²) in [5.74, 6) is -0.476. The smallest absolute Gasteiger partial charge is 0.253 e. The van der Waals surface area contributed by atoms with Gasteiger partial charge in [0.05, 0.1) is 17.4 Å². The van der Waals surface area contributed by atoms with E-state index < -0.39 is 0 Å². The molecule has 1 heterocycles. The second kappa shape index (κ2) is 6.65. The van der Waals surface area contributed by atoms with E-state index in [-0.39, 0.29) is 11.7 Å². The zero-order chi connectivity index (χ0) is 14.4. The Labute approximate surface area is 117 Å². The summed E-state index contributed by atoms with van der Waals surface area (Å²) in [5, 5.41) is 5.89. The number of anilines is 1. The van der Waals surface area contributed by atoms with Gasteiger partial charge in [-0.1, -0.05) is 12.1 Å². The lowest BCUT2D eigenvalue weighted by Crippen LogP contribution is -2.24. The second-order valence-corrected chi connectivity index (χ2v) is 4.26. The molecule has 0 saturated carbocycles. The Bertz CT molecular complexity index is 584. The Hall–Kier alpha value is -2.43. The van der Waals surface area contributed by atoms with Gasteiger partial charge in [0.1, 0.15) is 5.82 Å². The Morgan fingerprint density at radius 1 is 1.25 bits per heavy atom. The Balaban J connectivity index is 2.03. The third-order valence-corrected chi connectivity index (χ3v) is 2.80. The van der Waals surface area contributed by atoms with Crippen LogP contribution in [0, 0.1) is 5.82 Å². The molecule has 0 atom stereocenters. The number of benzene rings is 1. The normalized spacial score (nSPS) is 10.1. The number of nitrogens with zero attached hydrogens (tertiary/aromatic N) is 1. The van der Waals surface area contributed by atoms with Crippen molar-refractivity contribution in [2.24, 2.45) is 0 Å². The summed E-state index contributed by atoms with van der Waals surface area (Å²) >= 11 is 0. The van der Waals surface area contributed by atoms with E-state index in [0.717, 1.165) is 5.56 Å². The van der Waals surface area contributed by atoms with Crippen molar-refractivity contribution >= 4 is 11.6 Å². The van der Waals surface area contributed by atoms with Crippen molar-refractivity contribution in [2.75, 3.05) is 11.9 Å². The van der Waals surface area contributed by atoms with Gasteiger partial charge in [-0.25, -0.2) is 4.39 Å². The molecule has 0 fully saturated rings. The monoisotopic (exact) mass is 273 g/mol. The number of rotatable bonds is 5. The highest BCUT2D eigenvalue weighted by Gasteiger charge is 2.10. The number of hydrogen-bond acceptors (Lipinski definition) is 3. The minimum Gasteiger partial charge on any atom is -0.383 e. The zero-order valence-electron chi connectivity index (χ0n) is 11.2. The molecule has 20 heavy (non-hydrogen) atoms. The van der Waals surface area contributed by atoms with Gasteiger partial charge in [-0.2, -0.15) is 0 Å². The predicted molar refractivity (Wildman–Crippen MR) is 76.0 cm³/mol. The molecule has 0 aliphatic carbocycles. The van der Waals surface area contributed by atoms with Gasteiger partial charge in [-0.05, 0) is 30.7 Å². The molecular weight excluding hydrogens is 257 g/mol. The molecule has 1 aromatic heterocycles. The van der Waals surface area contributed by atoms with Crippen LogP contribution >= 0.6 is 0 Å². The fourth-order valence-corrected chi connectivity index (χ4v) is 1.80. The van der Waals surface area contributed by atoms with Crippen LogP contribution in [0.5, 0.6) is 0 Å². The van der Waals surface area contributed by atoms with Crippen molar-refractivity contribution in [3.8, 4) is 0 Å². The van der Waals surface area contributed by atoms with Crippen molar-refractivity contribution in [2.45, 2.75) is 13.5 Å². The summed E-state index contributed by atoms with van der Waals surface area (Å²) in [5.41, 5.74) is 2.09. The van der Waals surface area contributed by atoms with Crippen LogP contribution < -0.4 is 10.6 Å². The molecule has 4 nitrogen and oxygen atoms in total. The lowest BCUT2D eigenvalue weighted by molar-refractivity contribution is 0.0951. The summed E-state index contributed by atoms with van der Waals surface area (Å²) < 4.78 is 12.8. The van der Waals surface area contributed by atoms with Gasteiger partial charge in [0, 0.05) is 19.3 Å². The van der Waals surface area contributed by atoms with Gasteiger partial charge >= 0.3 is 0 Å². The first kappa shape index (κ1) is 14.0. The quantitative estimate of drug-likeness (QED) is 0.880. The minimum absolute atomic E-state index is 0.187. The molecule has 0 aliphatic heterocycles. The van der Waals surface area contributed by atoms with Gasteiger partial charge in [0.2, 0.25) is 0 Å². The fourth-order valence-electron chi connectivity index (χ4n) is 1.80. The maximum Gasteiger partial charge on any atom is 0.253 e. The van der Waals surface area contributed by atoms with E-state index in [1.165, 1.54) is 12.1 Å². The number of amides is 1. The first-order valence-corrected chi connectivity index (χ1v) is 6.41. The summed E-state index contributed by atoms with van der Waals surface area (Å²) in [6, 6.07) is 7.70. The first-order chi connectivity index (χ1) is 9.70. The third kappa shape index (κ3) is 3.54. The van der Waals surface area contributed by atoms with Crippen molar-refractivity contribution in [1.29, 1.82) is 0 Å². The van der Waals surface area contributed by atoms with E-state index in [4.69, 9.17) is 0 Å². The fraction of sp³-hybridized carbons (Fsp3) is 0.200. The highest BCUT2D eigenvalue weighted by molar-refractivity contribution is 5.99. The van der Waals surface area contributed by atoms with E-state index in [0.29, 0.717) is 24.3 Å². The average Bonchev–Trinajstić information content (AvgIpc) is 2.47. The molecule has 0 unspecified atom stereocenters. The lowest BCUT2D eigenvalue weighted by Gasteiger charge is -2.10. The van der Waals surface area contributed by atoms with E-state index in [1.54, 1.807) is 30.6 Å². The standard InChI is InChI=1S/C15H16FN3O/c1-2-18-14-10-17-8-7-13(14)15(20)19-9-11-3-5-12(16)6-4-11/h3-8,10,18H,2,9H2,1H3,(H,19,20). The molecule has 2 aromatic rings. The van der Waals surface area contributed by atoms with Gasteiger partial charge in [-0.15, -0.1) is 0 Å². The number of carbonyl (C=O) groups is 1.